The Balaban J connectivity index is 1.43. The first kappa shape index (κ1) is 38.9. The Morgan fingerprint density at radius 2 is 1.79 bits per heavy atom. The second kappa shape index (κ2) is 14.6. The summed E-state index contributed by atoms with van der Waals surface area (Å²) in [4.78, 5) is 67.1. The molecule has 18 heteroatoms. The van der Waals surface area contributed by atoms with Gasteiger partial charge < -0.3 is 19.5 Å². The van der Waals surface area contributed by atoms with Crippen molar-refractivity contribution in [2.24, 2.45) is 17.0 Å². The Morgan fingerprint density at radius 1 is 1.17 bits per heavy atom. The first-order valence-corrected chi connectivity index (χ1v) is 18.8. The lowest BCUT2D eigenvalue weighted by Gasteiger charge is -2.46. The van der Waals surface area contributed by atoms with Crippen LogP contribution in [0.15, 0.2) is 64.0 Å². The number of benzene rings is 2. The van der Waals surface area contributed by atoms with Crippen LogP contribution in [0, 0.1) is 22.0 Å². The van der Waals surface area contributed by atoms with Gasteiger partial charge in [0.05, 0.1) is 27.9 Å². The molecule has 0 radical (unpaired) electrons. The smallest absolute Gasteiger partial charge is 0.412 e. The highest BCUT2D eigenvalue weighted by Gasteiger charge is 2.61. The monoisotopic (exact) mass is 759 g/mol. The van der Waals surface area contributed by atoms with E-state index in [1.165, 1.54) is 77.0 Å². The van der Waals surface area contributed by atoms with Gasteiger partial charge in [0.25, 0.3) is 5.69 Å². The van der Waals surface area contributed by atoms with Crippen molar-refractivity contribution < 1.29 is 47.1 Å². The molecule has 2 aromatic carbocycles. The van der Waals surface area contributed by atoms with E-state index in [4.69, 9.17) is 14.6 Å². The Bertz CT molecular complexity index is 1890. The third kappa shape index (κ3) is 7.85. The lowest BCUT2D eigenvalue weighted by atomic mass is 9.79. The number of carbonyl (C=O) groups is 4. The molecule has 16 nitrogen and oxygen atoms in total. The average molecular weight is 760 g/mol. The maximum atomic E-state index is 13.7. The van der Waals surface area contributed by atoms with Crippen molar-refractivity contribution in [1.29, 1.82) is 0 Å². The van der Waals surface area contributed by atoms with Gasteiger partial charge >= 0.3 is 12.1 Å². The number of ether oxygens (including phenoxy) is 2. The Kier molecular flexibility index (Phi) is 10.9. The molecule has 2 aromatic rings. The second-order valence-corrected chi connectivity index (χ2v) is 17.0. The molecule has 0 aromatic heterocycles. The predicted molar refractivity (Wildman–Crippen MR) is 187 cm³/mol. The van der Waals surface area contributed by atoms with E-state index in [-0.39, 0.29) is 42.4 Å². The molecule has 0 bridgehead atoms. The minimum absolute atomic E-state index is 0.00152. The molecule has 2 saturated heterocycles. The number of amides is 2. The number of nitrogens with zero attached hydrogens (tertiary/aromatic N) is 3. The topological polar surface area (TPSA) is 229 Å². The zero-order valence-corrected chi connectivity index (χ0v) is 30.8. The molecule has 3 aliphatic rings. The molecule has 0 aliphatic carbocycles. The van der Waals surface area contributed by atoms with Crippen molar-refractivity contribution in [3.05, 3.63) is 80.4 Å². The van der Waals surface area contributed by atoms with Crippen LogP contribution in [0.4, 0.5) is 10.5 Å². The summed E-state index contributed by atoms with van der Waals surface area (Å²) in [6.07, 6.45) is -1.07. The van der Waals surface area contributed by atoms with Gasteiger partial charge in [-0.3, -0.25) is 29.9 Å². The van der Waals surface area contributed by atoms with Gasteiger partial charge in [-0.05, 0) is 63.1 Å². The van der Waals surface area contributed by atoms with Gasteiger partial charge in [0.15, 0.2) is 11.9 Å². The number of nitro benzene ring substituents is 1. The number of hydrogen-bond acceptors (Lipinski definition) is 13. The zero-order valence-electron chi connectivity index (χ0n) is 29.2. The van der Waals surface area contributed by atoms with Crippen LogP contribution in [0.25, 0.3) is 0 Å². The fourth-order valence-electron chi connectivity index (χ4n) is 6.67. The fourth-order valence-corrected chi connectivity index (χ4v) is 8.76. The lowest BCUT2D eigenvalue weighted by Crippen LogP contribution is -2.63. The third-order valence-corrected chi connectivity index (χ3v) is 11.6. The molecule has 52 heavy (non-hydrogen) atoms. The molecule has 2 amide bonds. The fraction of sp³-hybridized carbons (Fsp3) is 0.471. The first-order chi connectivity index (χ1) is 24.3. The van der Waals surface area contributed by atoms with Gasteiger partial charge in [-0.15, -0.1) is 11.8 Å². The quantitative estimate of drug-likeness (QED) is 0.0931. The number of thioether (sulfide) groups is 1. The molecule has 0 unspecified atom stereocenters. The van der Waals surface area contributed by atoms with Gasteiger partial charge in [-0.1, -0.05) is 19.1 Å². The summed E-state index contributed by atoms with van der Waals surface area (Å²) in [6, 6.07) is 10.7. The summed E-state index contributed by atoms with van der Waals surface area (Å²) in [5.74, 6) is -2.43. The number of nitrogens with two attached hydrogens (primary N) is 1. The normalized spacial score (nSPS) is 25.0. The van der Waals surface area contributed by atoms with E-state index in [2.05, 4.69) is 5.32 Å². The Labute approximate surface area is 304 Å². The van der Waals surface area contributed by atoms with Crippen LogP contribution in [0.5, 0.6) is 0 Å². The van der Waals surface area contributed by atoms with Crippen molar-refractivity contribution in [3.8, 4) is 0 Å². The van der Waals surface area contributed by atoms with Crippen LogP contribution in [0.2, 0.25) is 0 Å². The van der Waals surface area contributed by atoms with E-state index in [0.29, 0.717) is 22.3 Å². The number of nitrogens with one attached hydrogen (secondary N) is 1. The van der Waals surface area contributed by atoms with Crippen molar-refractivity contribution in [2.45, 2.75) is 87.7 Å². The number of aliphatic hydroxyl groups is 1. The number of rotatable bonds is 12. The summed E-state index contributed by atoms with van der Waals surface area (Å²) in [7, 11) is -3.92. The van der Waals surface area contributed by atoms with Gasteiger partial charge in [0.2, 0.25) is 15.9 Å². The molecule has 5 rings (SSSR count). The number of fused-ring (bicyclic) bond motifs is 1. The number of hydrogen-bond donors (Lipinski definition) is 3. The van der Waals surface area contributed by atoms with Crippen molar-refractivity contribution >= 4 is 51.7 Å². The highest BCUT2D eigenvalue weighted by molar-refractivity contribution is 8.03. The third-order valence-electron chi connectivity index (χ3n) is 9.18. The van der Waals surface area contributed by atoms with E-state index in [0.717, 1.165) is 0 Å². The summed E-state index contributed by atoms with van der Waals surface area (Å²) in [5.41, 5.74) is -1.51. The molecule has 4 N–H and O–H groups in total. The minimum Gasteiger partial charge on any atom is -0.456 e. The summed E-state index contributed by atoms with van der Waals surface area (Å²) in [6.45, 7) is 8.24. The summed E-state index contributed by atoms with van der Waals surface area (Å²) >= 11 is 1.23. The SMILES string of the molecule is C[C@@H](O)[C@H]1C(=O)N2C(C(=O)OCc3ccc([N+](=O)[O-])cc3)=C(S[C@@H]3CN(C(=O)OC(C)(C)C)[C@@](C=O)(NCc4ccc(S(N)(=O)=O)cc4)C3)[C@H](C)[C@H]12. The summed E-state index contributed by atoms with van der Waals surface area (Å²) in [5, 5.41) is 29.4. The number of aldehydes is 1. The van der Waals surface area contributed by atoms with Crippen LogP contribution in [-0.2, 0) is 47.0 Å². The zero-order chi connectivity index (χ0) is 38.3. The minimum atomic E-state index is -3.92. The molecule has 3 heterocycles. The molecule has 0 saturated carbocycles. The summed E-state index contributed by atoms with van der Waals surface area (Å²) < 4.78 is 34.7. The van der Waals surface area contributed by atoms with E-state index in [9.17, 15) is 42.8 Å². The number of nitro groups is 1. The van der Waals surface area contributed by atoms with Crippen LogP contribution >= 0.6 is 11.8 Å². The second-order valence-electron chi connectivity index (χ2n) is 14.1. The van der Waals surface area contributed by atoms with Gasteiger partial charge in [0.1, 0.15) is 17.9 Å². The van der Waals surface area contributed by atoms with Crippen LogP contribution in [0.1, 0.15) is 52.2 Å². The molecular weight excluding hydrogens is 719 g/mol. The van der Waals surface area contributed by atoms with E-state index in [1.54, 1.807) is 20.8 Å². The molecule has 0 spiro atoms. The number of likely N-dealkylation sites (tertiary alicyclic amines) is 1. The van der Waals surface area contributed by atoms with Gasteiger partial charge in [-0.2, -0.15) is 0 Å². The number of sulfonamides is 1. The van der Waals surface area contributed by atoms with Crippen molar-refractivity contribution in [2.75, 3.05) is 6.54 Å². The van der Waals surface area contributed by atoms with Crippen LogP contribution in [-0.4, -0.2) is 87.7 Å². The standard InChI is InChI=1S/C34H41N5O11S2/c1-19-27-26(20(2)41)30(42)38(27)28(31(43)49-17-22-6-10-23(11-7-22)39(45)46)29(19)51-24-14-34(18-40,37(16-24)32(44)50-33(3,4)5)36-15-21-8-12-25(13-9-21)52(35,47)48/h6-13,18-20,24,26-27,36,41H,14-17H2,1-5H3,(H2,35,47,48)/t19-,20-,24+,26-,27-,34+/m1/s1. The number of primary sulfonamides is 1. The molecule has 6 atom stereocenters. The number of aliphatic hydroxyl groups excluding tert-OH is 1. The number of β-lactam (4-membered cyclic amide) rings is 1. The molecule has 280 valence electrons. The molecule has 2 fully saturated rings. The number of esters is 1. The average Bonchev–Trinajstić information content (AvgIpc) is 3.55. The Morgan fingerprint density at radius 3 is 2.33 bits per heavy atom. The van der Waals surface area contributed by atoms with E-state index >= 15 is 0 Å². The van der Waals surface area contributed by atoms with Crippen molar-refractivity contribution in [1.82, 2.24) is 15.1 Å². The maximum Gasteiger partial charge on any atom is 0.412 e. The highest BCUT2D eigenvalue weighted by Crippen LogP contribution is 2.53. The van der Waals surface area contributed by atoms with Crippen LogP contribution in [0.3, 0.4) is 0 Å². The number of carbonyl (C=O) groups excluding carboxylic acids is 4. The van der Waals surface area contributed by atoms with E-state index in [1.807, 2.05) is 6.92 Å². The number of non-ortho nitro benzene ring substituents is 1. The van der Waals surface area contributed by atoms with Crippen LogP contribution < -0.4 is 10.5 Å². The highest BCUT2D eigenvalue weighted by atomic mass is 32.2. The first-order valence-electron chi connectivity index (χ1n) is 16.4. The van der Waals surface area contributed by atoms with Gasteiger partial charge in [0, 0.05) is 47.7 Å². The van der Waals surface area contributed by atoms with Crippen molar-refractivity contribution in [3.63, 3.8) is 0 Å². The van der Waals surface area contributed by atoms with E-state index < -0.39 is 73.4 Å². The lowest BCUT2D eigenvalue weighted by molar-refractivity contribution is -0.384. The maximum absolute atomic E-state index is 13.7. The largest absolute Gasteiger partial charge is 0.456 e. The van der Waals surface area contributed by atoms with Gasteiger partial charge in [-0.25, -0.2) is 23.1 Å². The Hall–Kier alpha value is -4.36. The molecule has 3 aliphatic heterocycles. The molecular formula is C34H41N5O11S2. The predicted octanol–water partition coefficient (Wildman–Crippen LogP) is 2.78.